The average Bonchev–Trinajstić information content (AvgIpc) is 2.76. The molecule has 0 spiro atoms. The minimum Gasteiger partial charge on any atom is -0.355 e. The fraction of sp³-hybridized carbons (Fsp3) is 0.400. The van der Waals surface area contributed by atoms with Crippen molar-refractivity contribution in [1.29, 1.82) is 0 Å². The second-order valence-electron chi connectivity index (χ2n) is 5.00. The van der Waals surface area contributed by atoms with Crippen LogP contribution in [0.1, 0.15) is 30.2 Å². The molecule has 1 N–H and O–H groups in total. The van der Waals surface area contributed by atoms with Gasteiger partial charge in [-0.15, -0.1) is 0 Å². The summed E-state index contributed by atoms with van der Waals surface area (Å²) < 4.78 is 40.3. The van der Waals surface area contributed by atoms with E-state index in [0.29, 0.717) is 18.2 Å². The number of aryl methyl sites for hydroxylation is 2. The smallest absolute Gasteiger partial charge is 0.355 e. The number of anilines is 1. The molecule has 0 saturated heterocycles. The first-order chi connectivity index (χ1) is 9.82. The van der Waals surface area contributed by atoms with E-state index in [-0.39, 0.29) is 0 Å². The number of hydrogen-bond donors (Lipinski definition) is 1. The molecule has 2 aromatic rings. The van der Waals surface area contributed by atoms with Crippen LogP contribution in [0.25, 0.3) is 5.69 Å². The van der Waals surface area contributed by atoms with Gasteiger partial charge in [-0.25, -0.2) is 4.98 Å². The van der Waals surface area contributed by atoms with E-state index in [1.807, 2.05) is 13.8 Å². The Morgan fingerprint density at radius 3 is 2.57 bits per heavy atom. The largest absolute Gasteiger partial charge is 0.416 e. The minimum atomic E-state index is -4.35. The van der Waals surface area contributed by atoms with Gasteiger partial charge in [0.2, 0.25) is 5.95 Å². The summed E-state index contributed by atoms with van der Waals surface area (Å²) in [4.78, 5) is 4.33. The van der Waals surface area contributed by atoms with Gasteiger partial charge in [-0.1, -0.05) is 13.0 Å². The first-order valence-electron chi connectivity index (χ1n) is 6.81. The van der Waals surface area contributed by atoms with Crippen LogP contribution in [0.5, 0.6) is 0 Å². The van der Waals surface area contributed by atoms with Crippen LogP contribution >= 0.6 is 0 Å². The SMILES string of the molecule is CCCNc1nc(C)cn1-c1cc(C(F)(F)F)ccc1C. The number of aromatic nitrogens is 2. The lowest BCUT2D eigenvalue weighted by Gasteiger charge is -2.14. The molecule has 0 unspecified atom stereocenters. The van der Waals surface area contributed by atoms with Gasteiger partial charge in [-0.05, 0) is 38.0 Å². The number of hydrogen-bond acceptors (Lipinski definition) is 2. The Kier molecular flexibility index (Phi) is 4.25. The highest BCUT2D eigenvalue weighted by Gasteiger charge is 2.31. The molecule has 0 radical (unpaired) electrons. The van der Waals surface area contributed by atoms with Gasteiger partial charge < -0.3 is 5.32 Å². The van der Waals surface area contributed by atoms with Crippen LogP contribution in [0.3, 0.4) is 0 Å². The molecule has 0 aliphatic rings. The van der Waals surface area contributed by atoms with Crippen molar-refractivity contribution in [2.45, 2.75) is 33.4 Å². The molecule has 0 atom stereocenters. The van der Waals surface area contributed by atoms with E-state index in [1.165, 1.54) is 6.07 Å². The quantitative estimate of drug-likeness (QED) is 0.910. The lowest BCUT2D eigenvalue weighted by molar-refractivity contribution is -0.137. The number of imidazole rings is 1. The van der Waals surface area contributed by atoms with Crippen LogP contribution in [0.4, 0.5) is 19.1 Å². The normalized spacial score (nSPS) is 11.7. The molecule has 3 nitrogen and oxygen atoms in total. The van der Waals surface area contributed by atoms with E-state index < -0.39 is 11.7 Å². The van der Waals surface area contributed by atoms with Gasteiger partial charge in [0.15, 0.2) is 0 Å². The highest BCUT2D eigenvalue weighted by Crippen LogP contribution is 2.32. The Hall–Kier alpha value is -1.98. The molecule has 0 amide bonds. The molecule has 0 saturated carbocycles. The first kappa shape index (κ1) is 15.4. The summed E-state index contributed by atoms with van der Waals surface area (Å²) in [5, 5.41) is 3.14. The van der Waals surface area contributed by atoms with Gasteiger partial charge in [0.1, 0.15) is 0 Å². The van der Waals surface area contributed by atoms with E-state index in [0.717, 1.165) is 29.8 Å². The molecule has 0 bridgehead atoms. The van der Waals surface area contributed by atoms with E-state index in [9.17, 15) is 13.2 Å². The second kappa shape index (κ2) is 5.79. The van der Waals surface area contributed by atoms with Crippen LogP contribution in [0.15, 0.2) is 24.4 Å². The second-order valence-corrected chi connectivity index (χ2v) is 5.00. The third-order valence-electron chi connectivity index (χ3n) is 3.16. The zero-order chi connectivity index (χ0) is 15.6. The van der Waals surface area contributed by atoms with Gasteiger partial charge in [0.05, 0.1) is 16.9 Å². The first-order valence-corrected chi connectivity index (χ1v) is 6.81. The number of halogens is 3. The van der Waals surface area contributed by atoms with Crippen molar-refractivity contribution in [2.75, 3.05) is 11.9 Å². The van der Waals surface area contributed by atoms with Gasteiger partial charge >= 0.3 is 6.18 Å². The average molecular weight is 297 g/mol. The van der Waals surface area contributed by atoms with Gasteiger partial charge in [-0.2, -0.15) is 13.2 Å². The topological polar surface area (TPSA) is 29.9 Å². The van der Waals surface area contributed by atoms with Crippen LogP contribution in [0.2, 0.25) is 0 Å². The summed E-state index contributed by atoms with van der Waals surface area (Å²) >= 11 is 0. The number of alkyl halides is 3. The van der Waals surface area contributed by atoms with Gasteiger partial charge in [0, 0.05) is 12.7 Å². The Labute approximate surface area is 121 Å². The van der Waals surface area contributed by atoms with Crippen molar-refractivity contribution in [2.24, 2.45) is 0 Å². The number of rotatable bonds is 4. The van der Waals surface area contributed by atoms with E-state index in [2.05, 4.69) is 10.3 Å². The number of nitrogens with one attached hydrogen (secondary N) is 1. The monoisotopic (exact) mass is 297 g/mol. The Morgan fingerprint density at radius 2 is 1.95 bits per heavy atom. The number of benzene rings is 1. The Bertz CT molecular complexity index is 630. The lowest BCUT2D eigenvalue weighted by atomic mass is 10.1. The predicted molar refractivity (Wildman–Crippen MR) is 76.8 cm³/mol. The molecule has 1 aromatic heterocycles. The van der Waals surface area contributed by atoms with Gasteiger partial charge in [0.25, 0.3) is 0 Å². The molecule has 1 heterocycles. The summed E-state index contributed by atoms with van der Waals surface area (Å²) in [5.74, 6) is 0.566. The van der Waals surface area contributed by atoms with Crippen LogP contribution in [0, 0.1) is 13.8 Å². The van der Waals surface area contributed by atoms with E-state index in [4.69, 9.17) is 0 Å². The Balaban J connectivity index is 2.50. The summed E-state index contributed by atoms with van der Waals surface area (Å²) in [6.07, 6.45) is -1.71. The summed E-state index contributed by atoms with van der Waals surface area (Å²) in [6.45, 7) is 6.34. The van der Waals surface area contributed by atoms with Crippen molar-refractivity contribution < 1.29 is 13.2 Å². The van der Waals surface area contributed by atoms with Crippen molar-refractivity contribution in [3.63, 3.8) is 0 Å². The predicted octanol–water partition coefficient (Wildman–Crippen LogP) is 4.33. The van der Waals surface area contributed by atoms with E-state index in [1.54, 1.807) is 17.7 Å². The van der Waals surface area contributed by atoms with Crippen molar-refractivity contribution in [1.82, 2.24) is 9.55 Å². The molecule has 21 heavy (non-hydrogen) atoms. The molecule has 2 rings (SSSR count). The number of nitrogens with zero attached hydrogens (tertiary/aromatic N) is 2. The maximum absolute atomic E-state index is 12.9. The van der Waals surface area contributed by atoms with Crippen LogP contribution in [-0.2, 0) is 6.18 Å². The van der Waals surface area contributed by atoms with Crippen molar-refractivity contribution in [3.8, 4) is 5.69 Å². The standard InChI is InChI=1S/C15H18F3N3/c1-4-7-19-14-20-11(3)9-21(14)13-8-12(15(16,17)18)6-5-10(13)2/h5-6,8-9H,4,7H2,1-3H3,(H,19,20). The zero-order valence-electron chi connectivity index (χ0n) is 12.3. The van der Waals surface area contributed by atoms with Crippen molar-refractivity contribution >= 4 is 5.95 Å². The minimum absolute atomic E-state index is 0.490. The van der Waals surface area contributed by atoms with Crippen LogP contribution < -0.4 is 5.32 Å². The summed E-state index contributed by atoms with van der Waals surface area (Å²) in [6, 6.07) is 3.74. The maximum atomic E-state index is 12.9. The highest BCUT2D eigenvalue weighted by molar-refractivity contribution is 5.50. The zero-order valence-corrected chi connectivity index (χ0v) is 12.3. The maximum Gasteiger partial charge on any atom is 0.416 e. The van der Waals surface area contributed by atoms with Crippen molar-refractivity contribution in [3.05, 3.63) is 41.2 Å². The molecule has 1 aromatic carbocycles. The fourth-order valence-corrected chi connectivity index (χ4v) is 2.09. The molecule has 0 fully saturated rings. The van der Waals surface area contributed by atoms with E-state index >= 15 is 0 Å². The molecule has 0 aliphatic carbocycles. The molecular weight excluding hydrogens is 279 g/mol. The molecular formula is C15H18F3N3. The fourth-order valence-electron chi connectivity index (χ4n) is 2.09. The van der Waals surface area contributed by atoms with Gasteiger partial charge in [-0.3, -0.25) is 4.57 Å². The van der Waals surface area contributed by atoms with Crippen LogP contribution in [-0.4, -0.2) is 16.1 Å². The summed E-state index contributed by atoms with van der Waals surface area (Å²) in [7, 11) is 0. The third kappa shape index (κ3) is 3.37. The summed E-state index contributed by atoms with van der Waals surface area (Å²) in [5.41, 5.74) is 1.35. The lowest BCUT2D eigenvalue weighted by Crippen LogP contribution is -2.10. The highest BCUT2D eigenvalue weighted by atomic mass is 19.4. The third-order valence-corrected chi connectivity index (χ3v) is 3.16. The Morgan fingerprint density at radius 1 is 1.24 bits per heavy atom. The molecule has 0 aliphatic heterocycles. The molecule has 6 heteroatoms. The molecule has 114 valence electrons.